The highest BCUT2D eigenvalue weighted by molar-refractivity contribution is 5.99. The smallest absolute Gasteiger partial charge is 0.255 e. The number of hydrogen-bond donors (Lipinski definition) is 2. The van der Waals surface area contributed by atoms with Gasteiger partial charge in [-0.3, -0.25) is 9.69 Å². The summed E-state index contributed by atoms with van der Waals surface area (Å²) in [5.41, 5.74) is 1.38. The fourth-order valence-electron chi connectivity index (χ4n) is 3.05. The Morgan fingerprint density at radius 3 is 2.75 bits per heavy atom. The Labute approximate surface area is 166 Å². The highest BCUT2D eigenvalue weighted by atomic mass is 16.5. The lowest BCUT2D eigenvalue weighted by Crippen LogP contribution is -2.38. The van der Waals surface area contributed by atoms with E-state index in [2.05, 4.69) is 20.5 Å². The average Bonchev–Trinajstić information content (AvgIpc) is 2.74. The predicted octanol–water partition coefficient (Wildman–Crippen LogP) is 2.68. The van der Waals surface area contributed by atoms with Crippen LogP contribution in [-0.2, 0) is 4.74 Å². The molecule has 0 radical (unpaired) electrons. The molecule has 0 saturated carbocycles. The molecule has 1 aliphatic rings. The normalized spacial score (nSPS) is 14.5. The maximum atomic E-state index is 12.6. The molecule has 3 rings (SSSR count). The van der Waals surface area contributed by atoms with Crippen molar-refractivity contribution in [3.8, 4) is 5.75 Å². The van der Waals surface area contributed by atoms with E-state index in [0.29, 0.717) is 24.5 Å². The number of hydrogen-bond acceptors (Lipinski definition) is 6. The van der Waals surface area contributed by atoms with Gasteiger partial charge < -0.3 is 20.1 Å². The van der Waals surface area contributed by atoms with Crippen molar-refractivity contribution >= 4 is 17.4 Å². The van der Waals surface area contributed by atoms with E-state index in [9.17, 15) is 4.79 Å². The van der Waals surface area contributed by atoms with Crippen LogP contribution in [-0.4, -0.2) is 61.8 Å². The molecule has 7 heteroatoms. The first-order valence-corrected chi connectivity index (χ1v) is 9.79. The lowest BCUT2D eigenvalue weighted by Gasteiger charge is -2.26. The van der Waals surface area contributed by atoms with Gasteiger partial charge in [-0.1, -0.05) is 0 Å². The van der Waals surface area contributed by atoms with Crippen molar-refractivity contribution in [1.82, 2.24) is 15.2 Å². The molecular weight excluding hydrogens is 356 g/mol. The number of amides is 1. The molecule has 2 heterocycles. The molecule has 0 bridgehead atoms. The molecule has 0 spiro atoms. The van der Waals surface area contributed by atoms with Crippen LogP contribution in [0.15, 0.2) is 42.6 Å². The highest BCUT2D eigenvalue weighted by Gasteiger charge is 2.13. The molecule has 2 aromatic rings. The lowest BCUT2D eigenvalue weighted by atomic mass is 10.2. The first-order chi connectivity index (χ1) is 13.8. The Hall–Kier alpha value is -2.64. The van der Waals surface area contributed by atoms with Crippen molar-refractivity contribution in [3.63, 3.8) is 0 Å². The van der Waals surface area contributed by atoms with Crippen LogP contribution in [0.25, 0.3) is 0 Å². The van der Waals surface area contributed by atoms with Crippen molar-refractivity contribution in [2.45, 2.75) is 13.3 Å². The third-order valence-electron chi connectivity index (χ3n) is 4.52. The molecule has 28 heavy (non-hydrogen) atoms. The SMILES string of the molecule is CCOc1ccc(Nc2ncccc2C(=O)NCCCN2CCOCC2)cc1. The van der Waals surface area contributed by atoms with Crippen LogP contribution in [0.1, 0.15) is 23.7 Å². The molecule has 1 amide bonds. The zero-order valence-corrected chi connectivity index (χ0v) is 16.3. The van der Waals surface area contributed by atoms with Crippen LogP contribution < -0.4 is 15.4 Å². The Balaban J connectivity index is 1.52. The molecule has 1 fully saturated rings. The number of aromatic nitrogens is 1. The number of carbonyl (C=O) groups is 1. The molecule has 7 nitrogen and oxygen atoms in total. The first-order valence-electron chi connectivity index (χ1n) is 9.79. The van der Waals surface area contributed by atoms with Crippen molar-refractivity contribution in [1.29, 1.82) is 0 Å². The molecule has 1 aromatic heterocycles. The number of morpholine rings is 1. The Kier molecular flexibility index (Phi) is 7.63. The van der Waals surface area contributed by atoms with Gasteiger partial charge in [-0.05, 0) is 56.3 Å². The largest absolute Gasteiger partial charge is 0.494 e. The number of pyridine rings is 1. The van der Waals surface area contributed by atoms with Crippen molar-refractivity contribution in [2.24, 2.45) is 0 Å². The lowest BCUT2D eigenvalue weighted by molar-refractivity contribution is 0.0374. The van der Waals surface area contributed by atoms with E-state index in [4.69, 9.17) is 9.47 Å². The van der Waals surface area contributed by atoms with Gasteiger partial charge in [0.2, 0.25) is 0 Å². The van der Waals surface area contributed by atoms with Gasteiger partial charge in [-0.25, -0.2) is 4.98 Å². The fourth-order valence-corrected chi connectivity index (χ4v) is 3.05. The van der Waals surface area contributed by atoms with Gasteiger partial charge in [0.05, 0.1) is 25.4 Å². The maximum absolute atomic E-state index is 12.6. The van der Waals surface area contributed by atoms with Crippen LogP contribution in [0, 0.1) is 0 Å². The molecule has 0 unspecified atom stereocenters. The number of nitrogens with zero attached hydrogens (tertiary/aromatic N) is 2. The third-order valence-corrected chi connectivity index (χ3v) is 4.52. The summed E-state index contributed by atoms with van der Waals surface area (Å²) in [7, 11) is 0. The van der Waals surface area contributed by atoms with Gasteiger partial charge in [-0.15, -0.1) is 0 Å². The van der Waals surface area contributed by atoms with Gasteiger partial charge in [0.1, 0.15) is 11.6 Å². The number of carbonyl (C=O) groups excluding carboxylic acids is 1. The number of benzene rings is 1. The summed E-state index contributed by atoms with van der Waals surface area (Å²) in [6, 6.07) is 11.1. The molecule has 0 atom stereocenters. The minimum absolute atomic E-state index is 0.122. The topological polar surface area (TPSA) is 75.7 Å². The highest BCUT2D eigenvalue weighted by Crippen LogP contribution is 2.21. The maximum Gasteiger partial charge on any atom is 0.255 e. The third kappa shape index (κ3) is 5.94. The first kappa shape index (κ1) is 20.1. The standard InChI is InChI=1S/C21H28N4O3/c1-2-28-18-8-6-17(7-9-18)24-20-19(5-3-10-22-20)21(26)23-11-4-12-25-13-15-27-16-14-25/h3,5-10H,2,4,11-16H2,1H3,(H,22,24)(H,23,26). The molecule has 1 aliphatic heterocycles. The number of nitrogens with one attached hydrogen (secondary N) is 2. The second-order valence-electron chi connectivity index (χ2n) is 6.55. The molecule has 1 aromatic carbocycles. The van der Waals surface area contributed by atoms with E-state index >= 15 is 0 Å². The molecule has 0 aliphatic carbocycles. The average molecular weight is 384 g/mol. The molecule has 150 valence electrons. The summed E-state index contributed by atoms with van der Waals surface area (Å²) in [4.78, 5) is 19.3. The van der Waals surface area contributed by atoms with E-state index in [-0.39, 0.29) is 5.91 Å². The Bertz CT molecular complexity index is 746. The van der Waals surface area contributed by atoms with Gasteiger partial charge in [-0.2, -0.15) is 0 Å². The van der Waals surface area contributed by atoms with Gasteiger partial charge in [0.25, 0.3) is 5.91 Å². The predicted molar refractivity (Wildman–Crippen MR) is 109 cm³/mol. The zero-order valence-electron chi connectivity index (χ0n) is 16.3. The van der Waals surface area contributed by atoms with Crippen molar-refractivity contribution in [2.75, 3.05) is 51.3 Å². The summed E-state index contributed by atoms with van der Waals surface area (Å²) < 4.78 is 10.8. The summed E-state index contributed by atoms with van der Waals surface area (Å²) in [6.45, 7) is 7.70. The van der Waals surface area contributed by atoms with Gasteiger partial charge >= 0.3 is 0 Å². The second-order valence-corrected chi connectivity index (χ2v) is 6.55. The van der Waals surface area contributed by atoms with Crippen LogP contribution in [0.2, 0.25) is 0 Å². The van der Waals surface area contributed by atoms with E-state index < -0.39 is 0 Å². The van der Waals surface area contributed by atoms with Crippen LogP contribution in [0.5, 0.6) is 5.75 Å². The molecule has 2 N–H and O–H groups in total. The van der Waals surface area contributed by atoms with E-state index in [1.165, 1.54) is 0 Å². The molecule has 1 saturated heterocycles. The zero-order chi connectivity index (χ0) is 19.6. The Morgan fingerprint density at radius 2 is 2.00 bits per heavy atom. The van der Waals surface area contributed by atoms with Crippen molar-refractivity contribution in [3.05, 3.63) is 48.2 Å². The summed E-state index contributed by atoms with van der Waals surface area (Å²) >= 11 is 0. The van der Waals surface area contributed by atoms with Crippen LogP contribution in [0.4, 0.5) is 11.5 Å². The molecular formula is C21H28N4O3. The monoisotopic (exact) mass is 384 g/mol. The minimum Gasteiger partial charge on any atom is -0.494 e. The van der Waals surface area contributed by atoms with Crippen molar-refractivity contribution < 1.29 is 14.3 Å². The number of rotatable bonds is 9. The van der Waals surface area contributed by atoms with E-state index in [1.807, 2.05) is 31.2 Å². The number of anilines is 2. The summed E-state index contributed by atoms with van der Waals surface area (Å²) in [5.74, 6) is 1.23. The minimum atomic E-state index is -0.122. The van der Waals surface area contributed by atoms with E-state index in [1.54, 1.807) is 18.3 Å². The fraction of sp³-hybridized carbons (Fsp3) is 0.429. The van der Waals surface area contributed by atoms with Crippen LogP contribution >= 0.6 is 0 Å². The van der Waals surface area contributed by atoms with Gasteiger partial charge in [0.15, 0.2) is 0 Å². The number of ether oxygens (including phenoxy) is 2. The van der Waals surface area contributed by atoms with E-state index in [0.717, 1.165) is 50.7 Å². The Morgan fingerprint density at radius 1 is 1.21 bits per heavy atom. The quantitative estimate of drug-likeness (QED) is 0.648. The summed E-state index contributed by atoms with van der Waals surface area (Å²) in [6.07, 6.45) is 2.58. The van der Waals surface area contributed by atoms with Crippen LogP contribution in [0.3, 0.4) is 0 Å². The van der Waals surface area contributed by atoms with Gasteiger partial charge in [0, 0.05) is 31.5 Å². The second kappa shape index (κ2) is 10.6. The summed E-state index contributed by atoms with van der Waals surface area (Å²) in [5, 5.41) is 6.21.